The molecule has 0 aliphatic carbocycles. The standard InChI is InChI=1S/C14H21BrN4O/c1-10-9-18(2)7-4-8-19(10)12-6-3-5-11(15)13(12)14(16)17-20/h3,5-6,10,20H,4,7-9H2,1-2H3,(H2,16,17). The lowest BCUT2D eigenvalue weighted by atomic mass is 10.1. The van der Waals surface area contributed by atoms with E-state index in [0.29, 0.717) is 6.04 Å². The van der Waals surface area contributed by atoms with E-state index in [1.807, 2.05) is 18.2 Å². The van der Waals surface area contributed by atoms with Crippen LogP contribution >= 0.6 is 15.9 Å². The zero-order valence-electron chi connectivity index (χ0n) is 11.9. The SMILES string of the molecule is CC1CN(C)CCCN1c1cccc(Br)c1/C(N)=N/O. The Morgan fingerprint density at radius 2 is 2.20 bits per heavy atom. The molecule has 1 saturated heterocycles. The molecule has 1 fully saturated rings. The molecule has 1 heterocycles. The van der Waals surface area contributed by atoms with E-state index >= 15 is 0 Å². The lowest BCUT2D eigenvalue weighted by Gasteiger charge is -2.32. The highest BCUT2D eigenvalue weighted by atomic mass is 79.9. The average Bonchev–Trinajstić information content (AvgIpc) is 2.58. The number of likely N-dealkylation sites (N-methyl/N-ethyl adjacent to an activating group) is 1. The van der Waals surface area contributed by atoms with E-state index in [-0.39, 0.29) is 5.84 Å². The molecule has 1 atom stereocenters. The summed E-state index contributed by atoms with van der Waals surface area (Å²) >= 11 is 3.50. The quantitative estimate of drug-likeness (QED) is 0.374. The van der Waals surface area contributed by atoms with Crippen LogP contribution in [0.1, 0.15) is 18.9 Å². The van der Waals surface area contributed by atoms with Gasteiger partial charge in [0, 0.05) is 29.3 Å². The number of oxime groups is 1. The molecule has 1 aliphatic heterocycles. The molecular weight excluding hydrogens is 320 g/mol. The van der Waals surface area contributed by atoms with Crippen LogP contribution in [0.3, 0.4) is 0 Å². The van der Waals surface area contributed by atoms with Gasteiger partial charge in [-0.25, -0.2) is 0 Å². The largest absolute Gasteiger partial charge is 0.409 e. The topological polar surface area (TPSA) is 65.1 Å². The molecule has 1 unspecified atom stereocenters. The third-order valence-corrected chi connectivity index (χ3v) is 4.37. The van der Waals surface area contributed by atoms with Gasteiger partial charge < -0.3 is 20.7 Å². The van der Waals surface area contributed by atoms with Gasteiger partial charge in [0.1, 0.15) is 0 Å². The van der Waals surface area contributed by atoms with Crippen molar-refractivity contribution < 1.29 is 5.21 Å². The molecule has 20 heavy (non-hydrogen) atoms. The molecule has 0 amide bonds. The molecule has 5 nitrogen and oxygen atoms in total. The normalized spacial score (nSPS) is 21.9. The molecule has 0 spiro atoms. The highest BCUT2D eigenvalue weighted by molar-refractivity contribution is 9.10. The number of rotatable bonds is 2. The highest BCUT2D eigenvalue weighted by Gasteiger charge is 2.24. The van der Waals surface area contributed by atoms with Crippen LogP contribution in [-0.2, 0) is 0 Å². The van der Waals surface area contributed by atoms with Crippen molar-refractivity contribution in [3.05, 3.63) is 28.2 Å². The van der Waals surface area contributed by atoms with Crippen LogP contribution in [0.15, 0.2) is 27.8 Å². The molecule has 110 valence electrons. The number of benzene rings is 1. The second-order valence-corrected chi connectivity index (χ2v) is 6.13. The Morgan fingerprint density at radius 3 is 2.90 bits per heavy atom. The van der Waals surface area contributed by atoms with Crippen LogP contribution in [0.25, 0.3) is 0 Å². The second-order valence-electron chi connectivity index (χ2n) is 5.28. The summed E-state index contributed by atoms with van der Waals surface area (Å²) in [6.07, 6.45) is 1.10. The predicted octanol–water partition coefficient (Wildman–Crippen LogP) is 2.07. The highest BCUT2D eigenvalue weighted by Crippen LogP contribution is 2.30. The Hall–Kier alpha value is -1.27. The molecule has 6 heteroatoms. The molecule has 3 N–H and O–H groups in total. The molecular formula is C14H21BrN4O. The van der Waals surface area contributed by atoms with Crippen LogP contribution in [0.2, 0.25) is 0 Å². The summed E-state index contributed by atoms with van der Waals surface area (Å²) in [7, 11) is 2.14. The van der Waals surface area contributed by atoms with E-state index < -0.39 is 0 Å². The first-order chi connectivity index (χ1) is 9.54. The van der Waals surface area contributed by atoms with E-state index in [1.165, 1.54) is 0 Å². The number of halogens is 1. The fourth-order valence-electron chi connectivity index (χ4n) is 2.79. The van der Waals surface area contributed by atoms with E-state index in [4.69, 9.17) is 10.9 Å². The number of nitrogens with zero attached hydrogens (tertiary/aromatic N) is 3. The van der Waals surface area contributed by atoms with Gasteiger partial charge in [0.05, 0.1) is 5.56 Å². The zero-order valence-corrected chi connectivity index (χ0v) is 13.5. The summed E-state index contributed by atoms with van der Waals surface area (Å²) < 4.78 is 0.843. The molecule has 1 aromatic rings. The number of amidine groups is 1. The minimum absolute atomic E-state index is 0.136. The molecule has 0 saturated carbocycles. The second kappa shape index (κ2) is 6.45. The average molecular weight is 341 g/mol. The number of hydrogen-bond donors (Lipinski definition) is 2. The van der Waals surface area contributed by atoms with E-state index in [2.05, 4.69) is 44.9 Å². The van der Waals surface area contributed by atoms with Gasteiger partial charge >= 0.3 is 0 Å². The lowest BCUT2D eigenvalue weighted by Crippen LogP contribution is -2.39. The van der Waals surface area contributed by atoms with Crippen molar-refractivity contribution in [2.24, 2.45) is 10.9 Å². The molecule has 0 radical (unpaired) electrons. The Bertz CT molecular complexity index is 506. The number of anilines is 1. The molecule has 0 aromatic heterocycles. The fraction of sp³-hybridized carbons (Fsp3) is 0.500. The summed E-state index contributed by atoms with van der Waals surface area (Å²) in [6.45, 7) is 5.27. The van der Waals surface area contributed by atoms with Gasteiger partial charge in [-0.15, -0.1) is 0 Å². The van der Waals surface area contributed by atoms with Crippen LogP contribution in [0.5, 0.6) is 0 Å². The van der Waals surface area contributed by atoms with Crippen molar-refractivity contribution in [2.75, 3.05) is 31.6 Å². The van der Waals surface area contributed by atoms with Gasteiger partial charge in [-0.1, -0.05) is 11.2 Å². The van der Waals surface area contributed by atoms with Gasteiger partial charge in [-0.05, 0) is 55.0 Å². The van der Waals surface area contributed by atoms with Crippen molar-refractivity contribution in [3.63, 3.8) is 0 Å². The third-order valence-electron chi connectivity index (χ3n) is 3.71. The Morgan fingerprint density at radius 1 is 1.45 bits per heavy atom. The smallest absolute Gasteiger partial charge is 0.173 e. The fourth-order valence-corrected chi connectivity index (χ4v) is 3.34. The van der Waals surface area contributed by atoms with Gasteiger partial charge in [0.15, 0.2) is 5.84 Å². The van der Waals surface area contributed by atoms with Gasteiger partial charge in [0.25, 0.3) is 0 Å². The van der Waals surface area contributed by atoms with Crippen molar-refractivity contribution in [1.29, 1.82) is 0 Å². The van der Waals surface area contributed by atoms with Crippen molar-refractivity contribution in [2.45, 2.75) is 19.4 Å². The predicted molar refractivity (Wildman–Crippen MR) is 85.6 cm³/mol. The number of nitrogens with two attached hydrogens (primary N) is 1. The van der Waals surface area contributed by atoms with Crippen LogP contribution in [-0.4, -0.2) is 48.7 Å². The van der Waals surface area contributed by atoms with Crippen LogP contribution < -0.4 is 10.6 Å². The Balaban J connectivity index is 2.43. The van der Waals surface area contributed by atoms with E-state index in [9.17, 15) is 0 Å². The first-order valence-corrected chi connectivity index (χ1v) is 7.55. The van der Waals surface area contributed by atoms with E-state index in [0.717, 1.165) is 41.8 Å². The summed E-state index contributed by atoms with van der Waals surface area (Å²) in [5, 5.41) is 12.2. The Kier molecular flexibility index (Phi) is 4.88. The molecule has 2 rings (SSSR count). The zero-order chi connectivity index (χ0) is 14.7. The monoisotopic (exact) mass is 340 g/mol. The van der Waals surface area contributed by atoms with E-state index in [1.54, 1.807) is 0 Å². The van der Waals surface area contributed by atoms with Gasteiger partial charge in [-0.2, -0.15) is 0 Å². The molecule has 1 aliphatic rings. The summed E-state index contributed by atoms with van der Waals surface area (Å²) in [6, 6.07) is 6.29. The van der Waals surface area contributed by atoms with Gasteiger partial charge in [0.2, 0.25) is 0 Å². The van der Waals surface area contributed by atoms with Gasteiger partial charge in [-0.3, -0.25) is 0 Å². The maximum absolute atomic E-state index is 9.01. The first kappa shape index (κ1) is 15.1. The van der Waals surface area contributed by atoms with Crippen molar-refractivity contribution in [1.82, 2.24) is 4.90 Å². The third kappa shape index (κ3) is 3.07. The minimum atomic E-state index is 0.136. The minimum Gasteiger partial charge on any atom is -0.409 e. The van der Waals surface area contributed by atoms with Crippen LogP contribution in [0, 0.1) is 0 Å². The molecule has 0 bridgehead atoms. The van der Waals surface area contributed by atoms with Crippen molar-refractivity contribution >= 4 is 27.5 Å². The Labute approximate surface area is 128 Å². The number of hydrogen-bond acceptors (Lipinski definition) is 4. The maximum atomic E-state index is 9.01. The summed E-state index contributed by atoms with van der Waals surface area (Å²) in [5.74, 6) is 0.136. The molecule has 1 aromatic carbocycles. The first-order valence-electron chi connectivity index (χ1n) is 6.76. The summed E-state index contributed by atoms with van der Waals surface area (Å²) in [4.78, 5) is 4.67. The lowest BCUT2D eigenvalue weighted by molar-refractivity contribution is 0.318. The summed E-state index contributed by atoms with van der Waals surface area (Å²) in [5.41, 5.74) is 7.61. The maximum Gasteiger partial charge on any atom is 0.173 e. The van der Waals surface area contributed by atoms with Crippen LogP contribution in [0.4, 0.5) is 5.69 Å². The van der Waals surface area contributed by atoms with Crippen molar-refractivity contribution in [3.8, 4) is 0 Å².